The molecule has 1 saturated heterocycles. The summed E-state index contributed by atoms with van der Waals surface area (Å²) in [7, 11) is 1.30. The monoisotopic (exact) mass is 312 g/mol. The van der Waals surface area contributed by atoms with E-state index in [2.05, 4.69) is 5.32 Å². The molecule has 6 nitrogen and oxygen atoms in total. The first-order chi connectivity index (χ1) is 9.95. The van der Waals surface area contributed by atoms with Crippen molar-refractivity contribution in [1.82, 2.24) is 0 Å². The molecule has 0 spiro atoms. The second-order valence-corrected chi connectivity index (χ2v) is 6.12. The van der Waals surface area contributed by atoms with Crippen LogP contribution in [-0.4, -0.2) is 38.1 Å². The molecule has 1 aliphatic heterocycles. The number of nitrogen functional groups attached to an aromatic ring is 1. The van der Waals surface area contributed by atoms with Gasteiger partial charge in [0.25, 0.3) is 0 Å². The number of thiophene rings is 1. The van der Waals surface area contributed by atoms with Gasteiger partial charge < -0.3 is 20.5 Å². The van der Waals surface area contributed by atoms with E-state index in [1.165, 1.54) is 25.4 Å². The van der Waals surface area contributed by atoms with Crippen molar-refractivity contribution in [2.45, 2.75) is 26.4 Å². The Morgan fingerprint density at radius 2 is 2.24 bits per heavy atom. The number of methoxy groups -OCH3 is 1. The molecule has 0 aromatic carbocycles. The van der Waals surface area contributed by atoms with E-state index in [0.29, 0.717) is 22.3 Å². The molecule has 0 aliphatic carbocycles. The largest absolute Gasteiger partial charge is 0.465 e. The molecule has 1 aromatic heterocycles. The third kappa shape index (κ3) is 3.19. The Bertz CT molecular complexity index is 555. The number of Topliss-reactive ketones (excluding diaryl/α,β-unsaturated/α-hetero) is 1. The third-order valence-corrected chi connectivity index (χ3v) is 4.98. The van der Waals surface area contributed by atoms with Crippen molar-refractivity contribution < 1.29 is 19.1 Å². The Balaban J connectivity index is 2.22. The zero-order chi connectivity index (χ0) is 15.6. The highest BCUT2D eigenvalue weighted by atomic mass is 32.1. The number of ether oxygens (including phenoxy) is 2. The van der Waals surface area contributed by atoms with Gasteiger partial charge >= 0.3 is 5.97 Å². The molecule has 2 rings (SSSR count). The van der Waals surface area contributed by atoms with Crippen LogP contribution in [0.15, 0.2) is 0 Å². The Morgan fingerprint density at radius 3 is 2.76 bits per heavy atom. The summed E-state index contributed by atoms with van der Waals surface area (Å²) in [6, 6.07) is 0. The van der Waals surface area contributed by atoms with E-state index in [1.807, 2.05) is 6.92 Å². The van der Waals surface area contributed by atoms with Gasteiger partial charge in [0.1, 0.15) is 10.6 Å². The van der Waals surface area contributed by atoms with Crippen molar-refractivity contribution in [1.29, 1.82) is 0 Å². The molecule has 1 fully saturated rings. The van der Waals surface area contributed by atoms with E-state index in [4.69, 9.17) is 15.2 Å². The molecule has 0 amide bonds. The van der Waals surface area contributed by atoms with Gasteiger partial charge in [-0.15, -0.1) is 11.3 Å². The zero-order valence-electron chi connectivity index (χ0n) is 12.4. The normalized spacial score (nSPS) is 21.3. The van der Waals surface area contributed by atoms with Crippen molar-refractivity contribution in [3.8, 4) is 0 Å². The van der Waals surface area contributed by atoms with E-state index >= 15 is 0 Å². The van der Waals surface area contributed by atoms with Crippen LogP contribution >= 0.6 is 11.3 Å². The maximum Gasteiger partial charge on any atom is 0.343 e. The van der Waals surface area contributed by atoms with Crippen molar-refractivity contribution >= 4 is 33.8 Å². The van der Waals surface area contributed by atoms with Crippen molar-refractivity contribution in [3.05, 3.63) is 10.4 Å². The van der Waals surface area contributed by atoms with Crippen LogP contribution in [0.1, 0.15) is 40.3 Å². The Hall–Kier alpha value is -1.60. The van der Waals surface area contributed by atoms with Crippen molar-refractivity contribution in [2.24, 2.45) is 5.92 Å². The summed E-state index contributed by atoms with van der Waals surface area (Å²) in [5.74, 6) is -0.317. The van der Waals surface area contributed by atoms with E-state index in [0.717, 1.165) is 13.0 Å². The number of anilines is 2. The van der Waals surface area contributed by atoms with Crippen LogP contribution in [0.5, 0.6) is 0 Å². The topological polar surface area (TPSA) is 90.6 Å². The lowest BCUT2D eigenvalue weighted by Gasteiger charge is -2.15. The molecule has 1 aromatic rings. The second-order valence-electron chi connectivity index (χ2n) is 5.10. The molecule has 21 heavy (non-hydrogen) atoms. The summed E-state index contributed by atoms with van der Waals surface area (Å²) in [5.41, 5.74) is 6.36. The maximum atomic E-state index is 11.9. The predicted octanol–water partition coefficient (Wildman–Crippen LogP) is 2.16. The first kappa shape index (κ1) is 15.8. The molecule has 0 radical (unpaired) electrons. The lowest BCUT2D eigenvalue weighted by atomic mass is 10.0. The molecule has 7 heteroatoms. The van der Waals surface area contributed by atoms with E-state index in [1.54, 1.807) is 0 Å². The van der Waals surface area contributed by atoms with E-state index in [9.17, 15) is 9.59 Å². The summed E-state index contributed by atoms with van der Waals surface area (Å²) in [5, 5.41) is 3.81. The number of carbonyl (C=O) groups is 2. The lowest BCUT2D eigenvalue weighted by Crippen LogP contribution is -2.21. The quantitative estimate of drug-likeness (QED) is 0.639. The Labute approximate surface area is 127 Å². The number of hydrogen-bond donors (Lipinski definition) is 2. The molecule has 0 saturated carbocycles. The van der Waals surface area contributed by atoms with Crippen LogP contribution in [0.4, 0.5) is 10.7 Å². The Morgan fingerprint density at radius 1 is 1.52 bits per heavy atom. The van der Waals surface area contributed by atoms with Gasteiger partial charge in [-0.25, -0.2) is 4.79 Å². The van der Waals surface area contributed by atoms with Gasteiger partial charge in [0.05, 0.1) is 23.8 Å². The highest BCUT2D eigenvalue weighted by Gasteiger charge is 2.27. The average Bonchev–Trinajstić information content (AvgIpc) is 2.99. The summed E-state index contributed by atoms with van der Waals surface area (Å²) in [6.45, 7) is 4.88. The molecule has 2 unspecified atom stereocenters. The minimum atomic E-state index is -0.533. The number of carbonyl (C=O) groups excluding carboxylic acids is 2. The van der Waals surface area contributed by atoms with Crippen molar-refractivity contribution in [3.63, 3.8) is 0 Å². The van der Waals surface area contributed by atoms with Crippen LogP contribution < -0.4 is 11.1 Å². The first-order valence-corrected chi connectivity index (χ1v) is 7.64. The molecule has 116 valence electrons. The average molecular weight is 312 g/mol. The summed E-state index contributed by atoms with van der Waals surface area (Å²) >= 11 is 1.20. The van der Waals surface area contributed by atoms with Crippen LogP contribution in [0, 0.1) is 5.92 Å². The molecule has 2 atom stereocenters. The Kier molecular flexibility index (Phi) is 4.84. The third-order valence-electron chi connectivity index (χ3n) is 3.71. The van der Waals surface area contributed by atoms with Crippen LogP contribution in [0.25, 0.3) is 0 Å². The highest BCUT2D eigenvalue weighted by molar-refractivity contribution is 7.19. The predicted molar refractivity (Wildman–Crippen MR) is 82.1 cm³/mol. The fourth-order valence-electron chi connectivity index (χ4n) is 2.40. The minimum Gasteiger partial charge on any atom is -0.465 e. The van der Waals surface area contributed by atoms with Gasteiger partial charge in [-0.3, -0.25) is 4.79 Å². The van der Waals surface area contributed by atoms with Crippen LogP contribution in [0.3, 0.4) is 0 Å². The standard InChI is InChI=1S/C14H20N2O4S/c1-7(17)12-11(15)10(14(18)19-3)13(21-12)16-6-9-4-5-20-8(9)2/h8-9,16H,4-6,15H2,1-3H3. The highest BCUT2D eigenvalue weighted by Crippen LogP contribution is 2.37. The zero-order valence-corrected chi connectivity index (χ0v) is 13.2. The van der Waals surface area contributed by atoms with Crippen LogP contribution in [-0.2, 0) is 9.47 Å². The number of ketones is 1. The minimum absolute atomic E-state index is 0.159. The van der Waals surface area contributed by atoms with Gasteiger partial charge in [0.2, 0.25) is 0 Å². The molecule has 2 heterocycles. The fraction of sp³-hybridized carbons (Fsp3) is 0.571. The number of nitrogens with one attached hydrogen (secondary N) is 1. The SMILES string of the molecule is COC(=O)c1c(NCC2CCOC2C)sc(C(C)=O)c1N. The van der Waals surface area contributed by atoms with E-state index < -0.39 is 5.97 Å². The second kappa shape index (κ2) is 6.44. The molecular weight excluding hydrogens is 292 g/mol. The first-order valence-electron chi connectivity index (χ1n) is 6.82. The molecular formula is C14H20N2O4S. The van der Waals surface area contributed by atoms with Crippen molar-refractivity contribution in [2.75, 3.05) is 31.3 Å². The van der Waals surface area contributed by atoms with Gasteiger partial charge in [-0.2, -0.15) is 0 Å². The van der Waals surface area contributed by atoms with E-state index in [-0.39, 0.29) is 23.1 Å². The maximum absolute atomic E-state index is 11.9. The van der Waals surface area contributed by atoms with Gasteiger partial charge in [0, 0.05) is 26.0 Å². The number of esters is 1. The molecule has 0 bridgehead atoms. The fourth-order valence-corrected chi connectivity index (χ4v) is 3.41. The van der Waals surface area contributed by atoms with Gasteiger partial charge in [-0.1, -0.05) is 0 Å². The van der Waals surface area contributed by atoms with Crippen LogP contribution in [0.2, 0.25) is 0 Å². The van der Waals surface area contributed by atoms with Gasteiger partial charge in [0.15, 0.2) is 5.78 Å². The number of nitrogens with two attached hydrogens (primary N) is 1. The molecule has 1 aliphatic rings. The number of rotatable bonds is 5. The van der Waals surface area contributed by atoms with Gasteiger partial charge in [-0.05, 0) is 13.3 Å². The molecule has 3 N–H and O–H groups in total. The summed E-state index contributed by atoms with van der Waals surface area (Å²) in [4.78, 5) is 23.8. The smallest absolute Gasteiger partial charge is 0.343 e. The number of hydrogen-bond acceptors (Lipinski definition) is 7. The summed E-state index contributed by atoms with van der Waals surface area (Å²) < 4.78 is 10.3. The lowest BCUT2D eigenvalue weighted by molar-refractivity contribution is 0.0603. The summed E-state index contributed by atoms with van der Waals surface area (Å²) in [6.07, 6.45) is 1.16.